The van der Waals surface area contributed by atoms with Gasteiger partial charge in [-0.1, -0.05) is 311 Å². The maximum absolute atomic E-state index is 12.8. The summed E-state index contributed by atoms with van der Waals surface area (Å²) in [6.07, 6.45) is 84.6. The molecule has 6 nitrogen and oxygen atoms in total. The molecule has 0 aromatic carbocycles. The van der Waals surface area contributed by atoms with E-state index >= 15 is 0 Å². The average molecular weight is 1060 g/mol. The molecule has 0 aliphatic rings. The smallest absolute Gasteiger partial charge is 0.306 e. The predicted octanol–water partition coefficient (Wildman–Crippen LogP) is 22.3. The quantitative estimate of drug-likeness (QED) is 0.0261. The van der Waals surface area contributed by atoms with E-state index in [1.54, 1.807) is 0 Å². The van der Waals surface area contributed by atoms with Crippen LogP contribution in [0.2, 0.25) is 0 Å². The standard InChI is InChI=1S/C70H122O6/c1-4-7-10-13-16-19-22-24-25-26-27-28-29-30-31-32-33-34-35-36-37-38-39-40-41-42-43-44-45-46-49-51-54-57-60-63-69(72)75-66-67(65-74-68(71)62-59-56-53-50-47-21-18-15-12-9-6-3)76-70(73)64-61-58-55-52-48-23-20-17-14-11-8-5-2/h7,10,16,19,24-25,27-28,30-31,33-34,36-37,67H,4-6,8-9,11-15,17-18,20-23,26,29,32,35,38-66H2,1-3H3/b10-7-,19-16-,25-24-,28-27-,31-30-,34-33-,37-36-. The fourth-order valence-electron chi connectivity index (χ4n) is 9.31. The summed E-state index contributed by atoms with van der Waals surface area (Å²) in [6.45, 7) is 6.54. The van der Waals surface area contributed by atoms with Crippen molar-refractivity contribution in [3.8, 4) is 0 Å². The lowest BCUT2D eigenvalue weighted by atomic mass is 10.0. The van der Waals surface area contributed by atoms with Crippen LogP contribution in [0.15, 0.2) is 85.1 Å². The van der Waals surface area contributed by atoms with Crippen molar-refractivity contribution in [2.75, 3.05) is 13.2 Å². The maximum atomic E-state index is 12.8. The maximum Gasteiger partial charge on any atom is 0.306 e. The molecule has 1 unspecified atom stereocenters. The van der Waals surface area contributed by atoms with Gasteiger partial charge in [-0.15, -0.1) is 0 Å². The summed E-state index contributed by atoms with van der Waals surface area (Å²) in [5, 5.41) is 0. The van der Waals surface area contributed by atoms with Crippen molar-refractivity contribution in [1.82, 2.24) is 0 Å². The number of hydrogen-bond donors (Lipinski definition) is 0. The number of esters is 3. The zero-order valence-electron chi connectivity index (χ0n) is 50.3. The minimum Gasteiger partial charge on any atom is -0.462 e. The number of hydrogen-bond acceptors (Lipinski definition) is 6. The van der Waals surface area contributed by atoms with Gasteiger partial charge >= 0.3 is 17.9 Å². The van der Waals surface area contributed by atoms with Gasteiger partial charge in [-0.25, -0.2) is 0 Å². The van der Waals surface area contributed by atoms with Crippen LogP contribution in [0.5, 0.6) is 0 Å². The SMILES string of the molecule is CC/C=C\C/C=C\C/C=C\C/C=C\C/C=C\C/C=C\C/C=C\CCCCCCCCCCCCCCCC(=O)OCC(COC(=O)CCCCCCCCCCCCC)OC(=O)CCCCCCCCCCCCCC. The van der Waals surface area contributed by atoms with Crippen molar-refractivity contribution in [3.05, 3.63) is 85.1 Å². The summed E-state index contributed by atoms with van der Waals surface area (Å²) < 4.78 is 16.9. The van der Waals surface area contributed by atoms with Crippen molar-refractivity contribution in [2.24, 2.45) is 0 Å². The summed E-state index contributed by atoms with van der Waals surface area (Å²) in [5.41, 5.74) is 0. The van der Waals surface area contributed by atoms with Crippen LogP contribution in [0.25, 0.3) is 0 Å². The molecule has 0 radical (unpaired) electrons. The molecule has 0 fully saturated rings. The van der Waals surface area contributed by atoms with Crippen molar-refractivity contribution >= 4 is 17.9 Å². The van der Waals surface area contributed by atoms with E-state index in [2.05, 4.69) is 106 Å². The van der Waals surface area contributed by atoms with Crippen LogP contribution >= 0.6 is 0 Å². The van der Waals surface area contributed by atoms with Crippen molar-refractivity contribution < 1.29 is 28.6 Å². The molecule has 0 aliphatic carbocycles. The lowest BCUT2D eigenvalue weighted by Gasteiger charge is -2.18. The number of carbonyl (C=O) groups is 3. The number of ether oxygens (including phenoxy) is 3. The Bertz CT molecular complexity index is 1450. The second-order valence-corrected chi connectivity index (χ2v) is 21.7. The summed E-state index contributed by atoms with van der Waals surface area (Å²) in [5.74, 6) is -0.858. The van der Waals surface area contributed by atoms with Crippen LogP contribution in [0, 0.1) is 0 Å². The van der Waals surface area contributed by atoms with E-state index in [0.29, 0.717) is 19.3 Å². The van der Waals surface area contributed by atoms with E-state index in [-0.39, 0.29) is 31.1 Å². The van der Waals surface area contributed by atoms with Crippen LogP contribution in [0.3, 0.4) is 0 Å². The first kappa shape index (κ1) is 72.6. The molecule has 0 amide bonds. The predicted molar refractivity (Wildman–Crippen MR) is 330 cm³/mol. The molecule has 0 heterocycles. The Morgan fingerprint density at radius 3 is 0.803 bits per heavy atom. The topological polar surface area (TPSA) is 78.9 Å². The largest absolute Gasteiger partial charge is 0.462 e. The fraction of sp³-hybridized carbons (Fsp3) is 0.757. The number of carbonyl (C=O) groups excluding carboxylic acids is 3. The van der Waals surface area contributed by atoms with Crippen LogP contribution in [0.4, 0.5) is 0 Å². The Kier molecular flexibility index (Phi) is 61.2. The van der Waals surface area contributed by atoms with E-state index < -0.39 is 6.10 Å². The van der Waals surface area contributed by atoms with Crippen LogP contribution < -0.4 is 0 Å². The second kappa shape index (κ2) is 64.1. The van der Waals surface area contributed by atoms with Gasteiger partial charge in [-0.3, -0.25) is 14.4 Å². The highest BCUT2D eigenvalue weighted by molar-refractivity contribution is 5.71. The molecular weight excluding hydrogens is 937 g/mol. The van der Waals surface area contributed by atoms with E-state index in [4.69, 9.17) is 14.2 Å². The molecule has 438 valence electrons. The van der Waals surface area contributed by atoms with Crippen LogP contribution in [0.1, 0.15) is 323 Å². The summed E-state index contributed by atoms with van der Waals surface area (Å²) in [6, 6.07) is 0. The average Bonchev–Trinajstić information content (AvgIpc) is 3.42. The molecule has 0 saturated heterocycles. The monoisotopic (exact) mass is 1060 g/mol. The van der Waals surface area contributed by atoms with E-state index in [1.807, 2.05) is 0 Å². The summed E-state index contributed by atoms with van der Waals surface area (Å²) in [7, 11) is 0. The molecular formula is C70H122O6. The van der Waals surface area contributed by atoms with Crippen molar-refractivity contribution in [3.63, 3.8) is 0 Å². The molecule has 0 bridgehead atoms. The number of unbranched alkanes of at least 4 members (excludes halogenated alkanes) is 34. The second-order valence-electron chi connectivity index (χ2n) is 21.7. The molecule has 0 N–H and O–H groups in total. The van der Waals surface area contributed by atoms with Gasteiger partial charge in [-0.2, -0.15) is 0 Å². The van der Waals surface area contributed by atoms with Gasteiger partial charge in [-0.05, 0) is 77.0 Å². The van der Waals surface area contributed by atoms with Crippen LogP contribution in [-0.2, 0) is 28.6 Å². The Morgan fingerprint density at radius 2 is 0.513 bits per heavy atom. The Balaban J connectivity index is 4.08. The van der Waals surface area contributed by atoms with Gasteiger partial charge in [0.2, 0.25) is 0 Å². The lowest BCUT2D eigenvalue weighted by Crippen LogP contribution is -2.30. The molecule has 0 spiro atoms. The van der Waals surface area contributed by atoms with E-state index in [0.717, 1.165) is 103 Å². The third-order valence-corrected chi connectivity index (χ3v) is 14.2. The Hall–Kier alpha value is -3.41. The van der Waals surface area contributed by atoms with Gasteiger partial charge in [0, 0.05) is 19.3 Å². The first-order valence-corrected chi connectivity index (χ1v) is 32.6. The van der Waals surface area contributed by atoms with Crippen molar-refractivity contribution in [1.29, 1.82) is 0 Å². The molecule has 6 heteroatoms. The van der Waals surface area contributed by atoms with Crippen LogP contribution in [-0.4, -0.2) is 37.2 Å². The number of rotatable bonds is 59. The fourth-order valence-corrected chi connectivity index (χ4v) is 9.31. The zero-order chi connectivity index (χ0) is 55.0. The molecule has 1 atom stereocenters. The molecule has 0 saturated carbocycles. The van der Waals surface area contributed by atoms with E-state index in [1.165, 1.54) is 180 Å². The minimum atomic E-state index is -0.770. The third kappa shape index (κ3) is 61.4. The van der Waals surface area contributed by atoms with Gasteiger partial charge < -0.3 is 14.2 Å². The molecule has 0 aromatic heterocycles. The van der Waals surface area contributed by atoms with Gasteiger partial charge in [0.05, 0.1) is 0 Å². The molecule has 0 aromatic rings. The van der Waals surface area contributed by atoms with Gasteiger partial charge in [0.15, 0.2) is 6.10 Å². The third-order valence-electron chi connectivity index (χ3n) is 14.2. The summed E-state index contributed by atoms with van der Waals surface area (Å²) in [4.78, 5) is 38.1. The van der Waals surface area contributed by atoms with Gasteiger partial charge in [0.1, 0.15) is 13.2 Å². The Labute approximate surface area is 471 Å². The van der Waals surface area contributed by atoms with Gasteiger partial charge in [0.25, 0.3) is 0 Å². The highest BCUT2D eigenvalue weighted by Crippen LogP contribution is 2.17. The first-order valence-electron chi connectivity index (χ1n) is 32.6. The highest BCUT2D eigenvalue weighted by Gasteiger charge is 2.19. The lowest BCUT2D eigenvalue weighted by molar-refractivity contribution is -0.167. The zero-order valence-corrected chi connectivity index (χ0v) is 50.3. The molecule has 0 rings (SSSR count). The van der Waals surface area contributed by atoms with Crippen molar-refractivity contribution in [2.45, 2.75) is 329 Å². The summed E-state index contributed by atoms with van der Waals surface area (Å²) >= 11 is 0. The minimum absolute atomic E-state index is 0.0700. The normalized spacial score (nSPS) is 12.6. The first-order chi connectivity index (χ1) is 37.5. The Morgan fingerprint density at radius 1 is 0.276 bits per heavy atom. The highest BCUT2D eigenvalue weighted by atomic mass is 16.6. The molecule has 76 heavy (non-hydrogen) atoms. The molecule has 0 aliphatic heterocycles. The number of allylic oxidation sites excluding steroid dienone is 14. The van der Waals surface area contributed by atoms with E-state index in [9.17, 15) is 14.4 Å².